The highest BCUT2D eigenvalue weighted by Gasteiger charge is 2.21. The van der Waals surface area contributed by atoms with Gasteiger partial charge < -0.3 is 21.4 Å². The molecule has 0 amide bonds. The lowest BCUT2D eigenvalue weighted by Crippen LogP contribution is -2.02. The standard InChI is InChI=1S/C44H45N3.C2H5N/c1-8-31(4)18-14-15-24-42(46)39-25-26-41(36(10-3)28-39)44-34(7)33(6)43(47(44)40-22-12-11-13-23-40)30-35(9-2)38-21-16-20-37(29-38)32(5)19-17-27-45;1-2-3/h8-17,19-30,45H,2-3,5,18,46H2,1,4,6-7H3;2H,1,3H2/b15-14-,19-17-,31-8+,35-30+,42-24-,45-27?;. The third-order valence-corrected chi connectivity index (χ3v) is 8.46. The van der Waals surface area contributed by atoms with Gasteiger partial charge in [-0.2, -0.15) is 0 Å². The molecule has 4 rings (SSSR count). The molecule has 4 nitrogen and oxygen atoms in total. The van der Waals surface area contributed by atoms with Crippen molar-refractivity contribution in [2.24, 2.45) is 11.5 Å². The molecule has 1 heterocycles. The summed E-state index contributed by atoms with van der Waals surface area (Å²) in [5.74, 6) is 0. The minimum absolute atomic E-state index is 0.706. The Labute approximate surface area is 299 Å². The average molecular weight is 659 g/mol. The van der Waals surface area contributed by atoms with Gasteiger partial charge in [0.25, 0.3) is 0 Å². The van der Waals surface area contributed by atoms with Crippen molar-refractivity contribution in [3.63, 3.8) is 0 Å². The number of rotatable bonds is 13. The van der Waals surface area contributed by atoms with E-state index in [9.17, 15) is 0 Å². The topological polar surface area (TPSA) is 80.8 Å². The number of benzene rings is 3. The first-order valence-electron chi connectivity index (χ1n) is 16.6. The van der Waals surface area contributed by atoms with Crippen LogP contribution in [-0.2, 0) is 0 Å². The highest BCUT2D eigenvalue weighted by atomic mass is 15.0. The minimum Gasteiger partial charge on any atom is -0.405 e. The number of hydrogen-bond acceptors (Lipinski definition) is 3. The van der Waals surface area contributed by atoms with Gasteiger partial charge in [-0.1, -0.05) is 117 Å². The molecule has 0 aliphatic rings. The molecular formula is C46H50N4. The number of hydrogen-bond donors (Lipinski definition) is 3. The van der Waals surface area contributed by atoms with Crippen LogP contribution in [0.4, 0.5) is 0 Å². The molecule has 0 fully saturated rings. The summed E-state index contributed by atoms with van der Waals surface area (Å²) >= 11 is 0. The van der Waals surface area contributed by atoms with E-state index >= 15 is 0 Å². The third-order valence-electron chi connectivity index (χ3n) is 8.46. The lowest BCUT2D eigenvalue weighted by atomic mass is 9.97. The van der Waals surface area contributed by atoms with Gasteiger partial charge in [0.2, 0.25) is 0 Å². The summed E-state index contributed by atoms with van der Waals surface area (Å²) in [5.41, 5.74) is 25.7. The molecule has 0 saturated heterocycles. The lowest BCUT2D eigenvalue weighted by Gasteiger charge is -2.17. The number of nitrogens with one attached hydrogen (secondary N) is 1. The highest BCUT2D eigenvalue weighted by molar-refractivity contribution is 5.91. The molecule has 50 heavy (non-hydrogen) atoms. The van der Waals surface area contributed by atoms with Gasteiger partial charge in [-0.05, 0) is 127 Å². The van der Waals surface area contributed by atoms with E-state index in [1.54, 1.807) is 6.08 Å². The molecule has 0 radical (unpaired) electrons. The fourth-order valence-electron chi connectivity index (χ4n) is 5.50. The van der Waals surface area contributed by atoms with E-state index in [4.69, 9.17) is 11.1 Å². The number of nitrogens with two attached hydrogens (primary N) is 2. The summed E-state index contributed by atoms with van der Waals surface area (Å²) in [5, 5.41) is 7.32. The normalized spacial score (nSPS) is 12.0. The largest absolute Gasteiger partial charge is 0.405 e. The third kappa shape index (κ3) is 9.48. The highest BCUT2D eigenvalue weighted by Crippen LogP contribution is 2.38. The molecule has 254 valence electrons. The van der Waals surface area contributed by atoms with Gasteiger partial charge in [0.15, 0.2) is 0 Å². The van der Waals surface area contributed by atoms with Crippen LogP contribution < -0.4 is 11.5 Å². The Bertz CT molecular complexity index is 2010. The number of para-hydroxylation sites is 1. The molecular weight excluding hydrogens is 609 g/mol. The number of nitrogens with zero attached hydrogens (tertiary/aromatic N) is 1. The maximum absolute atomic E-state index is 7.32. The second-order valence-corrected chi connectivity index (χ2v) is 11.7. The van der Waals surface area contributed by atoms with Gasteiger partial charge in [-0.25, -0.2) is 0 Å². The van der Waals surface area contributed by atoms with E-state index in [0.717, 1.165) is 62.5 Å². The first-order valence-corrected chi connectivity index (χ1v) is 16.6. The first-order chi connectivity index (χ1) is 24.1. The molecule has 4 heteroatoms. The van der Waals surface area contributed by atoms with Gasteiger partial charge in [0.05, 0.1) is 11.4 Å². The van der Waals surface area contributed by atoms with E-state index in [-0.39, 0.29) is 0 Å². The summed E-state index contributed by atoms with van der Waals surface area (Å²) < 4.78 is 2.33. The van der Waals surface area contributed by atoms with Crippen molar-refractivity contribution in [2.75, 3.05) is 0 Å². The molecule has 3 aromatic carbocycles. The van der Waals surface area contributed by atoms with Gasteiger partial charge >= 0.3 is 0 Å². The molecule has 0 aliphatic heterocycles. The smallest absolute Gasteiger partial charge is 0.0572 e. The fraction of sp³-hybridized carbons (Fsp3) is 0.109. The Hall–Kier alpha value is -6.13. The number of allylic oxidation sites excluding steroid dienone is 10. The molecule has 0 unspecified atom stereocenters. The summed E-state index contributed by atoms with van der Waals surface area (Å²) in [6, 6.07) is 25.1. The molecule has 5 N–H and O–H groups in total. The van der Waals surface area contributed by atoms with Crippen LogP contribution in [0.3, 0.4) is 0 Å². The minimum atomic E-state index is 0.706. The Morgan fingerprint density at radius 2 is 1.58 bits per heavy atom. The molecule has 0 spiro atoms. The number of aromatic nitrogens is 1. The van der Waals surface area contributed by atoms with Gasteiger partial charge in [-0.3, -0.25) is 0 Å². The Balaban J connectivity index is 0.00000217. The van der Waals surface area contributed by atoms with Gasteiger partial charge in [0, 0.05) is 23.2 Å². The van der Waals surface area contributed by atoms with Crippen molar-refractivity contribution >= 4 is 35.2 Å². The van der Waals surface area contributed by atoms with E-state index in [0.29, 0.717) is 5.70 Å². The molecule has 4 aromatic rings. The maximum Gasteiger partial charge on any atom is 0.0572 e. The van der Waals surface area contributed by atoms with Crippen molar-refractivity contribution in [2.45, 2.75) is 34.1 Å². The fourth-order valence-corrected chi connectivity index (χ4v) is 5.50. The zero-order chi connectivity index (χ0) is 36.6. The van der Waals surface area contributed by atoms with Crippen LogP contribution in [-0.4, -0.2) is 10.8 Å². The summed E-state index contributed by atoms with van der Waals surface area (Å²) in [6.45, 7) is 24.2. The Morgan fingerprint density at radius 1 is 0.880 bits per heavy atom. The van der Waals surface area contributed by atoms with Crippen molar-refractivity contribution in [3.8, 4) is 16.9 Å². The van der Waals surface area contributed by atoms with E-state index in [1.165, 1.54) is 29.1 Å². The van der Waals surface area contributed by atoms with Crippen molar-refractivity contribution in [3.05, 3.63) is 192 Å². The second kappa shape index (κ2) is 19.0. The van der Waals surface area contributed by atoms with Crippen LogP contribution >= 0.6 is 0 Å². The van der Waals surface area contributed by atoms with Crippen LogP contribution in [0.1, 0.15) is 59.3 Å². The predicted octanol–water partition coefficient (Wildman–Crippen LogP) is 11.7. The van der Waals surface area contributed by atoms with Crippen molar-refractivity contribution < 1.29 is 0 Å². The summed E-state index contributed by atoms with van der Waals surface area (Å²) in [6.07, 6.45) is 21.2. The molecule has 0 saturated carbocycles. The zero-order valence-corrected chi connectivity index (χ0v) is 29.9. The van der Waals surface area contributed by atoms with Crippen LogP contribution in [0.5, 0.6) is 0 Å². The van der Waals surface area contributed by atoms with Crippen molar-refractivity contribution in [1.82, 2.24) is 4.57 Å². The molecule has 0 aliphatic carbocycles. The van der Waals surface area contributed by atoms with E-state index < -0.39 is 0 Å². The Kier molecular flexibility index (Phi) is 14.6. The quantitative estimate of drug-likeness (QED) is 0.0759. The first kappa shape index (κ1) is 38.3. The SMILES string of the molecule is C=C/C(=C\c1c(C)c(C)c(-c2ccc(/C(N)=C/C=C\C/C(C)=C/C)cc2C=C)n1-c1ccccc1)c1cccc(C(=C)/C=C\C=N)c1.C=CN. The van der Waals surface area contributed by atoms with Crippen LogP contribution in [0.15, 0.2) is 153 Å². The van der Waals surface area contributed by atoms with Gasteiger partial charge in [-0.15, -0.1) is 0 Å². The monoisotopic (exact) mass is 658 g/mol. The summed E-state index contributed by atoms with van der Waals surface area (Å²) in [7, 11) is 0. The van der Waals surface area contributed by atoms with E-state index in [1.807, 2.05) is 48.6 Å². The predicted molar refractivity (Wildman–Crippen MR) is 222 cm³/mol. The molecule has 0 atom stereocenters. The zero-order valence-electron chi connectivity index (χ0n) is 29.9. The van der Waals surface area contributed by atoms with Crippen LogP contribution in [0, 0.1) is 19.3 Å². The average Bonchev–Trinajstić information content (AvgIpc) is 3.39. The summed E-state index contributed by atoms with van der Waals surface area (Å²) in [4.78, 5) is 0. The lowest BCUT2D eigenvalue weighted by molar-refractivity contribution is 1.06. The van der Waals surface area contributed by atoms with E-state index in [2.05, 4.69) is 137 Å². The second-order valence-electron chi connectivity index (χ2n) is 11.7. The van der Waals surface area contributed by atoms with Crippen LogP contribution in [0.25, 0.3) is 45.9 Å². The Morgan fingerprint density at radius 3 is 2.22 bits per heavy atom. The van der Waals surface area contributed by atoms with Gasteiger partial charge in [0.1, 0.15) is 0 Å². The molecule has 0 bridgehead atoms. The van der Waals surface area contributed by atoms with Crippen LogP contribution in [0.2, 0.25) is 0 Å². The van der Waals surface area contributed by atoms with Crippen molar-refractivity contribution in [1.29, 1.82) is 5.41 Å². The maximum atomic E-state index is 7.32. The molecule has 1 aromatic heterocycles.